The van der Waals surface area contributed by atoms with Gasteiger partial charge in [0.15, 0.2) is 0 Å². The van der Waals surface area contributed by atoms with Crippen molar-refractivity contribution in [3.8, 4) is 11.5 Å². The number of benzene rings is 1. The normalized spacial score (nSPS) is 12.3. The van der Waals surface area contributed by atoms with Gasteiger partial charge in [-0.05, 0) is 31.5 Å². The van der Waals surface area contributed by atoms with Gasteiger partial charge in [0.2, 0.25) is 12.3 Å². The fourth-order valence-corrected chi connectivity index (χ4v) is 2.27. The first-order valence-corrected chi connectivity index (χ1v) is 7.42. The van der Waals surface area contributed by atoms with Crippen LogP contribution in [0.5, 0.6) is 0 Å². The van der Waals surface area contributed by atoms with Crippen LogP contribution >= 0.6 is 0 Å². The summed E-state index contributed by atoms with van der Waals surface area (Å²) in [5.41, 5.74) is 2.05. The number of nitrogens with one attached hydrogen (secondary N) is 1. The fraction of sp³-hybridized carbons (Fsp3) is 0.500. The van der Waals surface area contributed by atoms with Gasteiger partial charge in [0.1, 0.15) is 0 Å². The van der Waals surface area contributed by atoms with E-state index in [-0.39, 0.29) is 0 Å². The van der Waals surface area contributed by atoms with Gasteiger partial charge in [0.05, 0.1) is 0 Å². The molecule has 1 atom stereocenters. The van der Waals surface area contributed by atoms with Crippen LogP contribution in [-0.2, 0) is 0 Å². The largest absolute Gasteiger partial charge is 0.423 e. The van der Waals surface area contributed by atoms with E-state index in [9.17, 15) is 0 Å². The fourth-order valence-electron chi connectivity index (χ4n) is 2.27. The Morgan fingerprint density at radius 1 is 1.25 bits per heavy atom. The SMILES string of the molecule is CCCCCCC(C)Nc1cccc(-c2nnco2)c1. The second-order valence-electron chi connectivity index (χ2n) is 5.22. The molecule has 20 heavy (non-hydrogen) atoms. The lowest BCUT2D eigenvalue weighted by Crippen LogP contribution is -2.14. The Hall–Kier alpha value is -1.84. The number of nitrogens with zero attached hydrogens (tertiary/aromatic N) is 2. The molecule has 4 heteroatoms. The molecule has 0 radical (unpaired) electrons. The summed E-state index contributed by atoms with van der Waals surface area (Å²) in [7, 11) is 0. The van der Waals surface area contributed by atoms with Crippen LogP contribution in [0.1, 0.15) is 46.0 Å². The highest BCUT2D eigenvalue weighted by molar-refractivity contribution is 5.61. The van der Waals surface area contributed by atoms with Crippen molar-refractivity contribution in [1.82, 2.24) is 10.2 Å². The molecule has 2 rings (SSSR count). The van der Waals surface area contributed by atoms with E-state index in [0.717, 1.165) is 11.3 Å². The van der Waals surface area contributed by atoms with E-state index in [1.54, 1.807) is 0 Å². The molecule has 0 aliphatic carbocycles. The Kier molecular flexibility index (Phi) is 5.59. The summed E-state index contributed by atoms with van der Waals surface area (Å²) in [5.74, 6) is 0.559. The molecule has 1 N–H and O–H groups in total. The van der Waals surface area contributed by atoms with Gasteiger partial charge in [-0.25, -0.2) is 0 Å². The van der Waals surface area contributed by atoms with E-state index in [0.29, 0.717) is 11.9 Å². The van der Waals surface area contributed by atoms with Crippen LogP contribution in [0, 0.1) is 0 Å². The van der Waals surface area contributed by atoms with E-state index in [1.165, 1.54) is 38.5 Å². The van der Waals surface area contributed by atoms with E-state index in [4.69, 9.17) is 4.42 Å². The van der Waals surface area contributed by atoms with Crippen molar-refractivity contribution in [2.75, 3.05) is 5.32 Å². The molecule has 108 valence electrons. The summed E-state index contributed by atoms with van der Waals surface area (Å²) < 4.78 is 5.22. The third-order valence-electron chi connectivity index (χ3n) is 3.37. The Balaban J connectivity index is 1.88. The van der Waals surface area contributed by atoms with Crippen LogP contribution in [0.15, 0.2) is 35.1 Å². The molecule has 2 aromatic rings. The molecule has 0 saturated heterocycles. The third-order valence-corrected chi connectivity index (χ3v) is 3.37. The summed E-state index contributed by atoms with van der Waals surface area (Å²) in [6.45, 7) is 4.47. The van der Waals surface area contributed by atoms with Crippen LogP contribution < -0.4 is 5.32 Å². The lowest BCUT2D eigenvalue weighted by Gasteiger charge is -2.15. The maximum absolute atomic E-state index is 5.22. The molecule has 1 unspecified atom stereocenters. The van der Waals surface area contributed by atoms with E-state index in [2.05, 4.69) is 41.5 Å². The Morgan fingerprint density at radius 2 is 2.15 bits per heavy atom. The van der Waals surface area contributed by atoms with Crippen LogP contribution in [0.4, 0.5) is 5.69 Å². The molecule has 0 bridgehead atoms. The van der Waals surface area contributed by atoms with Gasteiger partial charge in [-0.3, -0.25) is 0 Å². The summed E-state index contributed by atoms with van der Waals surface area (Å²) >= 11 is 0. The minimum atomic E-state index is 0.477. The number of aromatic nitrogens is 2. The van der Waals surface area contributed by atoms with E-state index < -0.39 is 0 Å². The molecule has 1 aromatic heterocycles. The second-order valence-corrected chi connectivity index (χ2v) is 5.22. The van der Waals surface area contributed by atoms with Crippen molar-refractivity contribution >= 4 is 5.69 Å². The number of hydrogen-bond acceptors (Lipinski definition) is 4. The van der Waals surface area contributed by atoms with Crippen LogP contribution in [-0.4, -0.2) is 16.2 Å². The summed E-state index contributed by atoms with van der Waals surface area (Å²) in [4.78, 5) is 0. The topological polar surface area (TPSA) is 51.0 Å². The Morgan fingerprint density at radius 3 is 2.90 bits per heavy atom. The quantitative estimate of drug-likeness (QED) is 0.719. The number of rotatable bonds is 8. The molecular weight excluding hydrogens is 250 g/mol. The minimum Gasteiger partial charge on any atom is -0.423 e. The molecule has 0 spiro atoms. The molecule has 0 amide bonds. The average molecular weight is 273 g/mol. The van der Waals surface area contributed by atoms with Crippen molar-refractivity contribution in [2.24, 2.45) is 0 Å². The average Bonchev–Trinajstić information content (AvgIpc) is 2.98. The molecule has 1 aromatic carbocycles. The predicted molar refractivity (Wildman–Crippen MR) is 81.6 cm³/mol. The molecule has 0 saturated carbocycles. The predicted octanol–water partition coefficient (Wildman–Crippen LogP) is 4.51. The monoisotopic (exact) mass is 273 g/mol. The highest BCUT2D eigenvalue weighted by Gasteiger charge is 2.06. The first-order valence-electron chi connectivity index (χ1n) is 7.42. The van der Waals surface area contributed by atoms with Crippen molar-refractivity contribution in [1.29, 1.82) is 0 Å². The van der Waals surface area contributed by atoms with Gasteiger partial charge in [-0.15, -0.1) is 10.2 Å². The highest BCUT2D eigenvalue weighted by Crippen LogP contribution is 2.21. The van der Waals surface area contributed by atoms with E-state index in [1.807, 2.05) is 12.1 Å². The minimum absolute atomic E-state index is 0.477. The lowest BCUT2D eigenvalue weighted by molar-refractivity contribution is 0.568. The van der Waals surface area contributed by atoms with Gasteiger partial charge in [0, 0.05) is 17.3 Å². The molecule has 4 nitrogen and oxygen atoms in total. The summed E-state index contributed by atoms with van der Waals surface area (Å²) in [5, 5.41) is 11.2. The van der Waals surface area contributed by atoms with Crippen molar-refractivity contribution in [3.05, 3.63) is 30.7 Å². The zero-order chi connectivity index (χ0) is 14.2. The maximum atomic E-state index is 5.22. The zero-order valence-electron chi connectivity index (χ0n) is 12.3. The first kappa shape index (κ1) is 14.6. The van der Waals surface area contributed by atoms with Gasteiger partial charge < -0.3 is 9.73 Å². The van der Waals surface area contributed by atoms with Crippen LogP contribution in [0.2, 0.25) is 0 Å². The van der Waals surface area contributed by atoms with Crippen LogP contribution in [0.3, 0.4) is 0 Å². The van der Waals surface area contributed by atoms with Gasteiger partial charge in [0.25, 0.3) is 0 Å². The Labute approximate surface area is 120 Å². The lowest BCUT2D eigenvalue weighted by atomic mass is 10.1. The highest BCUT2D eigenvalue weighted by atomic mass is 16.4. The smallest absolute Gasteiger partial charge is 0.247 e. The summed E-state index contributed by atoms with van der Waals surface area (Å²) in [6, 6.07) is 8.58. The molecule has 0 fully saturated rings. The number of anilines is 1. The van der Waals surface area contributed by atoms with Crippen molar-refractivity contribution in [3.63, 3.8) is 0 Å². The van der Waals surface area contributed by atoms with Gasteiger partial charge in [-0.1, -0.05) is 38.7 Å². The number of hydrogen-bond donors (Lipinski definition) is 1. The Bertz CT molecular complexity index is 496. The van der Waals surface area contributed by atoms with Crippen LogP contribution in [0.25, 0.3) is 11.5 Å². The number of unbranched alkanes of at least 4 members (excludes halogenated alkanes) is 3. The summed E-state index contributed by atoms with van der Waals surface area (Å²) in [6.07, 6.45) is 7.78. The molecular formula is C16H23N3O. The standard InChI is InChI=1S/C16H23N3O/c1-3-4-5-6-8-13(2)18-15-10-7-9-14(11-15)16-19-17-12-20-16/h7,9-13,18H,3-6,8H2,1-2H3. The second kappa shape index (κ2) is 7.68. The third kappa shape index (κ3) is 4.37. The van der Waals surface area contributed by atoms with E-state index >= 15 is 0 Å². The van der Waals surface area contributed by atoms with Gasteiger partial charge in [-0.2, -0.15) is 0 Å². The van der Waals surface area contributed by atoms with Gasteiger partial charge >= 0.3 is 0 Å². The first-order chi connectivity index (χ1) is 9.79. The molecule has 0 aliphatic rings. The van der Waals surface area contributed by atoms with Crippen molar-refractivity contribution in [2.45, 2.75) is 52.0 Å². The molecule has 0 aliphatic heterocycles. The zero-order valence-corrected chi connectivity index (χ0v) is 12.3. The molecule has 1 heterocycles. The maximum Gasteiger partial charge on any atom is 0.247 e. The van der Waals surface area contributed by atoms with Crippen molar-refractivity contribution < 1.29 is 4.42 Å².